The van der Waals surface area contributed by atoms with Gasteiger partial charge in [0.2, 0.25) is 0 Å². The van der Waals surface area contributed by atoms with Crippen molar-refractivity contribution in [3.05, 3.63) is 44.4 Å². The monoisotopic (exact) mass is 469 g/mol. The predicted molar refractivity (Wildman–Crippen MR) is 116 cm³/mol. The predicted octanol–water partition coefficient (Wildman–Crippen LogP) is 5.97. The van der Waals surface area contributed by atoms with Gasteiger partial charge in [-0.2, -0.15) is 0 Å². The molecule has 0 atom stereocenters. The zero-order valence-corrected chi connectivity index (χ0v) is 18.7. The lowest BCUT2D eigenvalue weighted by molar-refractivity contribution is 0.124. The van der Waals surface area contributed by atoms with E-state index >= 15 is 0 Å². The Morgan fingerprint density at radius 3 is 2.36 bits per heavy atom. The molecule has 1 aromatic carbocycles. The summed E-state index contributed by atoms with van der Waals surface area (Å²) < 4.78 is 17.3. The quantitative estimate of drug-likeness (QED) is 0.202. The lowest BCUT2D eigenvalue weighted by atomic mass is 10.1. The smallest absolute Gasteiger partial charge is 0.138 e. The molecule has 0 saturated heterocycles. The van der Waals surface area contributed by atoms with Crippen molar-refractivity contribution in [2.75, 3.05) is 33.0 Å². The lowest BCUT2D eigenvalue weighted by Crippen LogP contribution is -2.10. The van der Waals surface area contributed by atoms with E-state index in [1.54, 1.807) is 6.08 Å². The van der Waals surface area contributed by atoms with Crippen molar-refractivity contribution in [1.82, 2.24) is 0 Å². The molecule has 1 aromatic rings. The van der Waals surface area contributed by atoms with Gasteiger partial charge in [-0.1, -0.05) is 58.5 Å². The van der Waals surface area contributed by atoms with Gasteiger partial charge in [-0.3, -0.25) is 0 Å². The zero-order valence-electron chi connectivity index (χ0n) is 15.7. The van der Waals surface area contributed by atoms with Crippen molar-refractivity contribution >= 4 is 52.6 Å². The minimum Gasteiger partial charge on any atom is -0.491 e. The first-order valence-corrected chi connectivity index (χ1v) is 10.1. The van der Waals surface area contributed by atoms with Gasteiger partial charge in [0.25, 0.3) is 0 Å². The van der Waals surface area contributed by atoms with E-state index in [1.165, 1.54) is 12.3 Å². The molecular weight excluding hydrogens is 448 g/mol. The number of benzene rings is 1. The van der Waals surface area contributed by atoms with Crippen LogP contribution in [0.1, 0.15) is 18.1 Å². The van der Waals surface area contributed by atoms with Crippen molar-refractivity contribution < 1.29 is 19.0 Å². The fraction of sp³-hybridized carbons (Fsp3) is 0.421. The molecule has 28 heavy (non-hydrogen) atoms. The topological polar surface area (TPSA) is 49.3 Å². The number of hydrogen-bond acceptors (Lipinski definition) is 5. The molecule has 0 aromatic heterocycles. The summed E-state index contributed by atoms with van der Waals surface area (Å²) in [6.07, 6.45) is 5.39. The van der Waals surface area contributed by atoms with Gasteiger partial charge in [-0.15, -0.1) is 0 Å². The largest absolute Gasteiger partial charge is 0.491 e. The Morgan fingerprint density at radius 1 is 0.964 bits per heavy atom. The minimum absolute atomic E-state index is 0.140. The third-order valence-electron chi connectivity index (χ3n) is 3.32. The summed E-state index contributed by atoms with van der Waals surface area (Å²) in [7, 11) is 0. The van der Waals surface area contributed by atoms with Crippen molar-refractivity contribution in [1.29, 1.82) is 0 Å². The highest BCUT2D eigenvalue weighted by molar-refractivity contribution is 6.56. The number of ether oxygens (including phenoxy) is 3. The van der Waals surface area contributed by atoms with Crippen LogP contribution in [0.25, 0.3) is 0 Å². The van der Waals surface area contributed by atoms with Crippen LogP contribution in [0, 0.1) is 6.92 Å². The van der Waals surface area contributed by atoms with Crippen molar-refractivity contribution in [3.63, 3.8) is 0 Å². The number of aryl methyl sites for hydroxylation is 2. The number of hydrogen-bond donors (Lipinski definition) is 0. The normalized spacial score (nSPS) is 10.6. The average molecular weight is 471 g/mol. The van der Waals surface area contributed by atoms with Gasteiger partial charge >= 0.3 is 0 Å². The van der Waals surface area contributed by atoms with Crippen LogP contribution in [-0.2, 0) is 16.0 Å². The van der Waals surface area contributed by atoms with Crippen molar-refractivity contribution in [2.24, 2.45) is 5.16 Å². The Bertz CT molecular complexity index is 685. The summed E-state index contributed by atoms with van der Waals surface area (Å²) in [6, 6.07) is 3.86. The molecule has 9 heteroatoms. The van der Waals surface area contributed by atoms with Gasteiger partial charge in [0, 0.05) is 0 Å². The van der Waals surface area contributed by atoms with E-state index in [9.17, 15) is 0 Å². The molecular formula is C19H23Cl4NO4. The molecule has 0 saturated carbocycles. The van der Waals surface area contributed by atoms with Crippen LogP contribution in [0.4, 0.5) is 0 Å². The Balaban J connectivity index is 2.40. The SMILES string of the molecule is CCc1cc(OCC=C(Cl)Cl)cc(C)c1OCCOC/C=N\OCC=C(Cl)Cl. The first-order chi connectivity index (χ1) is 13.4. The Hall–Kier alpha value is -1.11. The highest BCUT2D eigenvalue weighted by atomic mass is 35.5. The average Bonchev–Trinajstić information content (AvgIpc) is 2.63. The van der Waals surface area contributed by atoms with Crippen LogP contribution in [0.5, 0.6) is 11.5 Å². The molecule has 1 rings (SSSR count). The first-order valence-electron chi connectivity index (χ1n) is 8.57. The molecule has 0 aliphatic heterocycles. The molecule has 5 nitrogen and oxygen atoms in total. The Kier molecular flexibility index (Phi) is 13.2. The Morgan fingerprint density at radius 2 is 1.68 bits per heavy atom. The van der Waals surface area contributed by atoms with Crippen LogP contribution < -0.4 is 9.47 Å². The van der Waals surface area contributed by atoms with Crippen LogP contribution in [0.3, 0.4) is 0 Å². The standard InChI is InChI=1S/C19H23Cl4NO4/c1-3-15-13-16(26-7-4-17(20)21)12-14(2)19(15)27-11-10-25-9-6-24-28-8-5-18(22)23/h4-6,12-13H,3,7-11H2,1-2H3/b24-6-. The zero-order chi connectivity index (χ0) is 20.8. The van der Waals surface area contributed by atoms with Gasteiger partial charge in [-0.05, 0) is 48.8 Å². The molecule has 156 valence electrons. The molecule has 0 aliphatic carbocycles. The second kappa shape index (κ2) is 14.8. The first kappa shape index (κ1) is 24.9. The summed E-state index contributed by atoms with van der Waals surface area (Å²) in [4.78, 5) is 4.90. The van der Waals surface area contributed by atoms with Gasteiger partial charge in [-0.25, -0.2) is 0 Å². The summed E-state index contributed by atoms with van der Waals surface area (Å²) in [5.74, 6) is 1.58. The summed E-state index contributed by atoms with van der Waals surface area (Å²) in [6.45, 7) is 5.68. The van der Waals surface area contributed by atoms with E-state index in [-0.39, 0.29) is 15.6 Å². The molecule has 0 fully saturated rings. The van der Waals surface area contributed by atoms with E-state index in [0.717, 1.165) is 29.0 Å². The summed E-state index contributed by atoms with van der Waals surface area (Å²) in [5.41, 5.74) is 2.04. The molecule has 0 N–H and O–H groups in total. The van der Waals surface area contributed by atoms with Crippen LogP contribution in [0.2, 0.25) is 0 Å². The number of halogens is 4. The molecule has 0 heterocycles. The van der Waals surface area contributed by atoms with E-state index in [1.807, 2.05) is 19.1 Å². The number of nitrogens with zero attached hydrogens (tertiary/aromatic N) is 1. The second-order valence-corrected chi connectivity index (χ2v) is 7.40. The summed E-state index contributed by atoms with van der Waals surface area (Å²) in [5, 5.41) is 3.70. The van der Waals surface area contributed by atoms with E-state index in [2.05, 4.69) is 12.1 Å². The second-order valence-electron chi connectivity index (χ2n) is 5.39. The lowest BCUT2D eigenvalue weighted by Gasteiger charge is -2.15. The van der Waals surface area contributed by atoms with Gasteiger partial charge in [0.15, 0.2) is 0 Å². The number of rotatable bonds is 13. The van der Waals surface area contributed by atoms with Crippen LogP contribution >= 0.6 is 46.4 Å². The third-order valence-corrected chi connectivity index (χ3v) is 3.94. The van der Waals surface area contributed by atoms with E-state index in [0.29, 0.717) is 26.4 Å². The molecule has 0 aliphatic rings. The maximum Gasteiger partial charge on any atom is 0.138 e. The van der Waals surface area contributed by atoms with Crippen LogP contribution in [-0.4, -0.2) is 39.2 Å². The molecule has 0 unspecified atom stereocenters. The number of oxime groups is 1. The van der Waals surface area contributed by atoms with Gasteiger partial charge < -0.3 is 19.0 Å². The third kappa shape index (κ3) is 11.0. The van der Waals surface area contributed by atoms with Gasteiger partial charge in [0.1, 0.15) is 40.3 Å². The van der Waals surface area contributed by atoms with Crippen molar-refractivity contribution in [2.45, 2.75) is 20.3 Å². The highest BCUT2D eigenvalue weighted by Crippen LogP contribution is 2.29. The minimum atomic E-state index is 0.140. The fourth-order valence-electron chi connectivity index (χ4n) is 2.13. The Labute approximate surface area is 185 Å². The maximum absolute atomic E-state index is 5.88. The highest BCUT2D eigenvalue weighted by Gasteiger charge is 2.09. The molecule has 0 bridgehead atoms. The summed E-state index contributed by atoms with van der Waals surface area (Å²) >= 11 is 22.0. The fourth-order valence-corrected chi connectivity index (χ4v) is 2.38. The molecule has 0 spiro atoms. The van der Waals surface area contributed by atoms with Crippen molar-refractivity contribution in [3.8, 4) is 11.5 Å². The molecule has 0 radical (unpaired) electrons. The van der Waals surface area contributed by atoms with Gasteiger partial charge in [0.05, 0.1) is 19.4 Å². The maximum atomic E-state index is 5.88. The van der Waals surface area contributed by atoms with E-state index < -0.39 is 0 Å². The molecule has 0 amide bonds. The van der Waals surface area contributed by atoms with Crippen LogP contribution in [0.15, 0.2) is 38.4 Å². The van der Waals surface area contributed by atoms with E-state index in [4.69, 9.17) is 65.5 Å².